The summed E-state index contributed by atoms with van der Waals surface area (Å²) in [5.41, 5.74) is 2.06. The van der Waals surface area contributed by atoms with Crippen LogP contribution in [-0.2, 0) is 6.42 Å². The summed E-state index contributed by atoms with van der Waals surface area (Å²) in [7, 11) is 0. The zero-order valence-corrected chi connectivity index (χ0v) is 16.7. The summed E-state index contributed by atoms with van der Waals surface area (Å²) in [6.45, 7) is 10.3. The minimum atomic E-state index is 0. The molecule has 0 aliphatic carbocycles. The van der Waals surface area contributed by atoms with Gasteiger partial charge in [0.2, 0.25) is 0 Å². The Balaban J connectivity index is 0.00000264. The number of halogens is 1. The first-order chi connectivity index (χ1) is 10.6. The van der Waals surface area contributed by atoms with E-state index in [2.05, 4.69) is 54.5 Å². The normalized spacial score (nSPS) is 13.0. The van der Waals surface area contributed by atoms with Crippen molar-refractivity contribution in [1.29, 1.82) is 0 Å². The largest absolute Gasteiger partial charge is 0.357 e. The quantitative estimate of drug-likeness (QED) is 0.422. The average molecular weight is 429 g/mol. The first-order valence-corrected chi connectivity index (χ1v) is 8.07. The summed E-state index contributed by atoms with van der Waals surface area (Å²) < 4.78 is 2.04. The lowest BCUT2D eigenvalue weighted by Gasteiger charge is -2.20. The van der Waals surface area contributed by atoms with Crippen LogP contribution in [0.1, 0.15) is 33.4 Å². The first kappa shape index (κ1) is 19.7. The van der Waals surface area contributed by atoms with Gasteiger partial charge in [0.05, 0.1) is 5.69 Å². The van der Waals surface area contributed by atoms with Crippen LogP contribution in [0.5, 0.6) is 0 Å². The van der Waals surface area contributed by atoms with Crippen molar-refractivity contribution in [2.75, 3.05) is 13.1 Å². The lowest BCUT2D eigenvalue weighted by Crippen LogP contribution is -2.44. The van der Waals surface area contributed by atoms with Gasteiger partial charge in [-0.05, 0) is 31.9 Å². The molecule has 0 radical (unpaired) electrons. The average Bonchev–Trinajstić information content (AvgIpc) is 2.89. The van der Waals surface area contributed by atoms with Crippen molar-refractivity contribution >= 4 is 35.6 Å². The number of hydrogen-bond acceptors (Lipinski definition) is 2. The highest BCUT2D eigenvalue weighted by Gasteiger charge is 2.08. The van der Waals surface area contributed by atoms with Crippen molar-refractivity contribution in [2.24, 2.45) is 10.9 Å². The fraction of sp³-hybridized carbons (Fsp3) is 0.529. The lowest BCUT2D eigenvalue weighted by molar-refractivity contribution is 0.481. The molecule has 0 fully saturated rings. The Morgan fingerprint density at radius 3 is 2.74 bits per heavy atom. The van der Waals surface area contributed by atoms with Gasteiger partial charge in [0, 0.05) is 37.9 Å². The third kappa shape index (κ3) is 6.01. The number of nitrogens with zero attached hydrogens (tertiary/aromatic N) is 3. The van der Waals surface area contributed by atoms with Crippen LogP contribution in [-0.4, -0.2) is 34.5 Å². The summed E-state index contributed by atoms with van der Waals surface area (Å²) >= 11 is 0. The van der Waals surface area contributed by atoms with Crippen LogP contribution in [0, 0.1) is 5.92 Å². The monoisotopic (exact) mass is 429 g/mol. The molecule has 23 heavy (non-hydrogen) atoms. The number of fused-ring (bicyclic) bond motifs is 1. The molecular formula is C17H28IN5. The topological polar surface area (TPSA) is 53.7 Å². The predicted octanol–water partition coefficient (Wildman–Crippen LogP) is 3.09. The van der Waals surface area contributed by atoms with Gasteiger partial charge in [-0.25, -0.2) is 4.98 Å². The zero-order valence-electron chi connectivity index (χ0n) is 14.4. The molecule has 0 spiro atoms. The molecule has 2 rings (SSSR count). The number of hydrogen-bond donors (Lipinski definition) is 2. The number of guanidine groups is 1. The molecule has 2 heterocycles. The van der Waals surface area contributed by atoms with Crippen molar-refractivity contribution in [2.45, 2.75) is 40.2 Å². The number of aromatic nitrogens is 2. The van der Waals surface area contributed by atoms with Crippen LogP contribution in [0.4, 0.5) is 0 Å². The molecule has 0 saturated heterocycles. The van der Waals surface area contributed by atoms with E-state index in [1.165, 1.54) is 0 Å². The van der Waals surface area contributed by atoms with Gasteiger partial charge in [0.1, 0.15) is 5.65 Å². The Labute approximate surface area is 156 Å². The molecule has 5 nitrogen and oxygen atoms in total. The third-order valence-corrected chi connectivity index (χ3v) is 3.76. The van der Waals surface area contributed by atoms with Crippen molar-refractivity contribution < 1.29 is 0 Å². The Kier molecular flexibility index (Phi) is 8.36. The molecule has 0 bridgehead atoms. The molecule has 1 atom stereocenters. The van der Waals surface area contributed by atoms with Crippen molar-refractivity contribution in [3.8, 4) is 0 Å². The number of aliphatic imine (C=N–C) groups is 1. The molecule has 128 valence electrons. The van der Waals surface area contributed by atoms with Crippen LogP contribution in [0.3, 0.4) is 0 Å². The summed E-state index contributed by atoms with van der Waals surface area (Å²) in [6, 6.07) is 6.43. The molecule has 1 unspecified atom stereocenters. The van der Waals surface area contributed by atoms with Gasteiger partial charge < -0.3 is 15.0 Å². The Bertz CT molecular complexity index is 587. The van der Waals surface area contributed by atoms with Gasteiger partial charge in [-0.15, -0.1) is 24.0 Å². The lowest BCUT2D eigenvalue weighted by atomic mass is 10.1. The summed E-state index contributed by atoms with van der Waals surface area (Å²) in [5.74, 6) is 1.45. The van der Waals surface area contributed by atoms with Gasteiger partial charge in [-0.2, -0.15) is 0 Å². The smallest absolute Gasteiger partial charge is 0.191 e. The van der Waals surface area contributed by atoms with E-state index in [4.69, 9.17) is 0 Å². The Hall–Kier alpha value is -1.31. The SMILES string of the molecule is CCNC(=NCCc1cn2ccccc2n1)NC(C)C(C)C.I. The number of nitrogens with one attached hydrogen (secondary N) is 2. The van der Waals surface area contributed by atoms with Gasteiger partial charge >= 0.3 is 0 Å². The second-order valence-corrected chi connectivity index (χ2v) is 5.89. The van der Waals surface area contributed by atoms with Crippen molar-refractivity contribution in [3.63, 3.8) is 0 Å². The molecule has 2 aromatic heterocycles. The van der Waals surface area contributed by atoms with Crippen molar-refractivity contribution in [1.82, 2.24) is 20.0 Å². The molecular weight excluding hydrogens is 401 g/mol. The predicted molar refractivity (Wildman–Crippen MR) is 108 cm³/mol. The highest BCUT2D eigenvalue weighted by Crippen LogP contribution is 2.05. The minimum Gasteiger partial charge on any atom is -0.357 e. The van der Waals surface area contributed by atoms with Gasteiger partial charge in [0.25, 0.3) is 0 Å². The van der Waals surface area contributed by atoms with Gasteiger partial charge in [0.15, 0.2) is 5.96 Å². The maximum atomic E-state index is 4.65. The van der Waals surface area contributed by atoms with E-state index in [-0.39, 0.29) is 24.0 Å². The summed E-state index contributed by atoms with van der Waals surface area (Å²) in [5, 5.41) is 6.74. The molecule has 0 aliphatic rings. The van der Waals surface area contributed by atoms with E-state index in [0.29, 0.717) is 12.0 Å². The van der Waals surface area contributed by atoms with E-state index in [1.807, 2.05) is 28.8 Å². The maximum Gasteiger partial charge on any atom is 0.191 e. The molecule has 2 aromatic rings. The maximum absolute atomic E-state index is 4.65. The van der Waals surface area contributed by atoms with E-state index in [1.54, 1.807) is 0 Å². The highest BCUT2D eigenvalue weighted by atomic mass is 127. The fourth-order valence-corrected chi connectivity index (χ4v) is 2.09. The van der Waals surface area contributed by atoms with Crippen LogP contribution >= 0.6 is 24.0 Å². The minimum absolute atomic E-state index is 0. The third-order valence-electron chi connectivity index (χ3n) is 3.76. The van der Waals surface area contributed by atoms with Crippen molar-refractivity contribution in [3.05, 3.63) is 36.3 Å². The number of imidazole rings is 1. The van der Waals surface area contributed by atoms with E-state index >= 15 is 0 Å². The Morgan fingerprint density at radius 2 is 2.09 bits per heavy atom. The Morgan fingerprint density at radius 1 is 1.30 bits per heavy atom. The number of rotatable bonds is 6. The summed E-state index contributed by atoms with van der Waals surface area (Å²) in [6.07, 6.45) is 4.93. The molecule has 0 aliphatic heterocycles. The molecule has 2 N–H and O–H groups in total. The van der Waals surface area contributed by atoms with E-state index in [0.717, 1.165) is 36.8 Å². The molecule has 0 amide bonds. The first-order valence-electron chi connectivity index (χ1n) is 8.07. The fourth-order valence-electron chi connectivity index (χ4n) is 2.09. The highest BCUT2D eigenvalue weighted by molar-refractivity contribution is 14.0. The number of pyridine rings is 1. The summed E-state index contributed by atoms with van der Waals surface area (Å²) in [4.78, 5) is 9.24. The molecule has 6 heteroatoms. The second-order valence-electron chi connectivity index (χ2n) is 5.89. The van der Waals surface area contributed by atoms with E-state index in [9.17, 15) is 0 Å². The molecule has 0 aromatic carbocycles. The van der Waals surface area contributed by atoms with Gasteiger partial charge in [-0.1, -0.05) is 19.9 Å². The van der Waals surface area contributed by atoms with E-state index < -0.39 is 0 Å². The van der Waals surface area contributed by atoms with Crippen LogP contribution in [0.2, 0.25) is 0 Å². The van der Waals surface area contributed by atoms with Crippen LogP contribution < -0.4 is 10.6 Å². The van der Waals surface area contributed by atoms with Gasteiger partial charge in [-0.3, -0.25) is 4.99 Å². The van der Waals surface area contributed by atoms with Crippen LogP contribution in [0.25, 0.3) is 5.65 Å². The zero-order chi connectivity index (χ0) is 15.9. The second kappa shape index (κ2) is 9.75. The van der Waals surface area contributed by atoms with Crippen LogP contribution in [0.15, 0.2) is 35.6 Å². The standard InChI is InChI=1S/C17H27N5.HI/c1-5-18-17(20-14(4)13(2)3)19-10-9-15-12-22-11-7-6-8-16(22)21-15;/h6-8,11-14H,5,9-10H2,1-4H3,(H2,18,19,20);1H. The molecule has 0 saturated carbocycles.